The molecule has 2 fully saturated rings. The van der Waals surface area contributed by atoms with Gasteiger partial charge in [0.15, 0.2) is 5.96 Å². The molecule has 0 saturated carbocycles. The number of guanidine groups is 1. The highest BCUT2D eigenvalue weighted by Crippen LogP contribution is 2.16. The summed E-state index contributed by atoms with van der Waals surface area (Å²) in [6.45, 7) is 9.39. The quantitative estimate of drug-likeness (QED) is 0.396. The van der Waals surface area contributed by atoms with Gasteiger partial charge in [0.05, 0.1) is 26.4 Å². The Morgan fingerprint density at radius 3 is 2.75 bits per heavy atom. The molecular weight excluding hydrogens is 371 g/mol. The SMILES string of the molecule is CCNC(=NCCO)N1CCC(N2CCOCC2)C1.I. The third-order valence-electron chi connectivity index (χ3n) is 3.72. The minimum atomic E-state index is 0. The second kappa shape index (κ2) is 9.75. The van der Waals surface area contributed by atoms with Crippen LogP contribution >= 0.6 is 24.0 Å². The lowest BCUT2D eigenvalue weighted by atomic mass is 10.2. The number of nitrogens with one attached hydrogen (secondary N) is 1. The lowest BCUT2D eigenvalue weighted by Crippen LogP contribution is -2.46. The molecule has 1 unspecified atom stereocenters. The van der Waals surface area contributed by atoms with Crippen molar-refractivity contribution >= 4 is 29.9 Å². The van der Waals surface area contributed by atoms with Gasteiger partial charge in [0, 0.05) is 38.8 Å². The molecule has 0 aliphatic carbocycles. The van der Waals surface area contributed by atoms with Crippen molar-refractivity contribution in [2.24, 2.45) is 4.99 Å². The van der Waals surface area contributed by atoms with Crippen LogP contribution in [0, 0.1) is 0 Å². The number of nitrogens with zero attached hydrogens (tertiary/aromatic N) is 3. The van der Waals surface area contributed by atoms with E-state index in [1.807, 2.05) is 0 Å². The van der Waals surface area contributed by atoms with Gasteiger partial charge in [-0.2, -0.15) is 0 Å². The standard InChI is InChI=1S/C13H26N4O2.HI/c1-2-14-13(15-4-8-18)17-5-3-12(11-17)16-6-9-19-10-7-16;/h12,18H,2-11H2,1H3,(H,14,15);1H. The first kappa shape index (κ1) is 17.9. The Balaban J connectivity index is 0.00000200. The minimum Gasteiger partial charge on any atom is -0.394 e. The lowest BCUT2D eigenvalue weighted by Gasteiger charge is -2.32. The van der Waals surface area contributed by atoms with Crippen LogP contribution < -0.4 is 5.32 Å². The molecule has 0 aromatic carbocycles. The van der Waals surface area contributed by atoms with Gasteiger partial charge in [0.1, 0.15) is 0 Å². The molecule has 2 saturated heterocycles. The fourth-order valence-electron chi connectivity index (χ4n) is 2.76. The maximum Gasteiger partial charge on any atom is 0.194 e. The van der Waals surface area contributed by atoms with E-state index in [1.165, 1.54) is 6.42 Å². The van der Waals surface area contributed by atoms with Gasteiger partial charge in [-0.05, 0) is 13.3 Å². The summed E-state index contributed by atoms with van der Waals surface area (Å²) >= 11 is 0. The number of hydrogen-bond acceptors (Lipinski definition) is 4. The average Bonchev–Trinajstić information content (AvgIpc) is 2.94. The normalized spacial score (nSPS) is 24.6. The number of ether oxygens (including phenoxy) is 1. The number of halogens is 1. The van der Waals surface area contributed by atoms with Crippen molar-refractivity contribution in [3.63, 3.8) is 0 Å². The fourth-order valence-corrected chi connectivity index (χ4v) is 2.76. The molecule has 2 rings (SSSR count). The van der Waals surface area contributed by atoms with Crippen molar-refractivity contribution in [1.29, 1.82) is 0 Å². The molecule has 2 aliphatic heterocycles. The van der Waals surface area contributed by atoms with Gasteiger partial charge in [-0.25, -0.2) is 0 Å². The number of morpholine rings is 1. The van der Waals surface area contributed by atoms with Crippen molar-refractivity contribution in [3.8, 4) is 0 Å². The molecule has 2 N–H and O–H groups in total. The topological polar surface area (TPSA) is 60.3 Å². The van der Waals surface area contributed by atoms with Crippen molar-refractivity contribution in [1.82, 2.24) is 15.1 Å². The van der Waals surface area contributed by atoms with Crippen LogP contribution in [0.5, 0.6) is 0 Å². The Morgan fingerprint density at radius 2 is 2.10 bits per heavy atom. The summed E-state index contributed by atoms with van der Waals surface area (Å²) in [6, 6.07) is 0.613. The summed E-state index contributed by atoms with van der Waals surface area (Å²) in [5, 5.41) is 12.2. The Kier molecular flexibility index (Phi) is 8.74. The molecule has 118 valence electrons. The van der Waals surface area contributed by atoms with E-state index in [-0.39, 0.29) is 30.6 Å². The molecule has 0 aromatic heterocycles. The Labute approximate surface area is 138 Å². The van der Waals surface area contributed by atoms with E-state index in [0.29, 0.717) is 12.6 Å². The predicted octanol–water partition coefficient (Wildman–Crippen LogP) is -0.0313. The summed E-state index contributed by atoms with van der Waals surface area (Å²) in [5.41, 5.74) is 0. The van der Waals surface area contributed by atoms with Gasteiger partial charge in [0.25, 0.3) is 0 Å². The number of rotatable bonds is 4. The van der Waals surface area contributed by atoms with E-state index in [1.54, 1.807) is 0 Å². The highest BCUT2D eigenvalue weighted by Gasteiger charge is 2.30. The number of hydrogen-bond donors (Lipinski definition) is 2. The highest BCUT2D eigenvalue weighted by atomic mass is 127. The number of aliphatic hydroxyl groups is 1. The highest BCUT2D eigenvalue weighted by molar-refractivity contribution is 14.0. The second-order valence-corrected chi connectivity index (χ2v) is 5.00. The summed E-state index contributed by atoms with van der Waals surface area (Å²) in [5.74, 6) is 0.937. The van der Waals surface area contributed by atoms with E-state index < -0.39 is 0 Å². The monoisotopic (exact) mass is 398 g/mol. The van der Waals surface area contributed by atoms with Crippen LogP contribution in [0.4, 0.5) is 0 Å². The third kappa shape index (κ3) is 5.01. The Hall–Kier alpha value is -0.120. The minimum absolute atomic E-state index is 0. The lowest BCUT2D eigenvalue weighted by molar-refractivity contribution is 0.0195. The third-order valence-corrected chi connectivity index (χ3v) is 3.72. The van der Waals surface area contributed by atoms with E-state index in [2.05, 4.69) is 27.0 Å². The van der Waals surface area contributed by atoms with Crippen LogP contribution in [0.3, 0.4) is 0 Å². The molecule has 6 nitrogen and oxygen atoms in total. The Morgan fingerprint density at radius 1 is 1.35 bits per heavy atom. The zero-order valence-electron chi connectivity index (χ0n) is 12.3. The van der Waals surface area contributed by atoms with Crippen molar-refractivity contribution in [3.05, 3.63) is 0 Å². The molecule has 0 spiro atoms. The zero-order chi connectivity index (χ0) is 13.5. The van der Waals surface area contributed by atoms with E-state index in [4.69, 9.17) is 9.84 Å². The Bertz CT molecular complexity index is 298. The molecule has 2 aliphatic rings. The maximum absolute atomic E-state index is 8.91. The summed E-state index contributed by atoms with van der Waals surface area (Å²) in [7, 11) is 0. The van der Waals surface area contributed by atoms with Crippen LogP contribution in [-0.4, -0.2) is 86.0 Å². The summed E-state index contributed by atoms with van der Waals surface area (Å²) in [6.07, 6.45) is 1.18. The van der Waals surface area contributed by atoms with E-state index in [9.17, 15) is 0 Å². The molecule has 7 heteroatoms. The van der Waals surface area contributed by atoms with Crippen LogP contribution in [-0.2, 0) is 4.74 Å². The molecule has 1 atom stereocenters. The number of aliphatic imine (C=N–C) groups is 1. The molecule has 0 aromatic rings. The smallest absolute Gasteiger partial charge is 0.194 e. The fraction of sp³-hybridized carbons (Fsp3) is 0.923. The van der Waals surface area contributed by atoms with Crippen LogP contribution in [0.25, 0.3) is 0 Å². The van der Waals surface area contributed by atoms with Crippen LogP contribution in [0.2, 0.25) is 0 Å². The molecular formula is C13H27IN4O2. The van der Waals surface area contributed by atoms with Crippen molar-refractivity contribution < 1.29 is 9.84 Å². The van der Waals surface area contributed by atoms with Gasteiger partial charge in [-0.1, -0.05) is 0 Å². The van der Waals surface area contributed by atoms with Crippen molar-refractivity contribution in [2.75, 3.05) is 59.1 Å². The van der Waals surface area contributed by atoms with Gasteiger partial charge >= 0.3 is 0 Å². The molecule has 0 bridgehead atoms. The van der Waals surface area contributed by atoms with E-state index in [0.717, 1.165) is 51.9 Å². The largest absolute Gasteiger partial charge is 0.394 e. The summed E-state index contributed by atoms with van der Waals surface area (Å²) < 4.78 is 5.41. The van der Waals surface area contributed by atoms with Gasteiger partial charge in [-0.3, -0.25) is 9.89 Å². The van der Waals surface area contributed by atoms with Gasteiger partial charge < -0.3 is 20.1 Å². The first-order valence-corrected chi connectivity index (χ1v) is 7.31. The molecule has 0 radical (unpaired) electrons. The predicted molar refractivity (Wildman–Crippen MR) is 90.8 cm³/mol. The first-order chi connectivity index (χ1) is 9.35. The first-order valence-electron chi connectivity index (χ1n) is 7.31. The van der Waals surface area contributed by atoms with Gasteiger partial charge in [-0.15, -0.1) is 24.0 Å². The summed E-state index contributed by atoms with van der Waals surface area (Å²) in [4.78, 5) is 9.26. The number of aliphatic hydroxyl groups excluding tert-OH is 1. The van der Waals surface area contributed by atoms with Gasteiger partial charge in [0.2, 0.25) is 0 Å². The number of likely N-dealkylation sites (tertiary alicyclic amines) is 1. The molecule has 0 amide bonds. The average molecular weight is 398 g/mol. The molecule has 20 heavy (non-hydrogen) atoms. The van der Waals surface area contributed by atoms with Crippen molar-refractivity contribution in [2.45, 2.75) is 19.4 Å². The zero-order valence-corrected chi connectivity index (χ0v) is 14.6. The van der Waals surface area contributed by atoms with E-state index >= 15 is 0 Å². The van der Waals surface area contributed by atoms with Crippen LogP contribution in [0.1, 0.15) is 13.3 Å². The van der Waals surface area contributed by atoms with Crippen LogP contribution in [0.15, 0.2) is 4.99 Å². The molecule has 2 heterocycles. The second-order valence-electron chi connectivity index (χ2n) is 5.00. The maximum atomic E-state index is 8.91.